The van der Waals surface area contributed by atoms with Gasteiger partial charge in [-0.05, 0) is 30.7 Å². The van der Waals surface area contributed by atoms with Gasteiger partial charge in [0.2, 0.25) is 5.91 Å². The van der Waals surface area contributed by atoms with E-state index in [1.165, 1.54) is 18.9 Å². The number of primary amides is 1. The van der Waals surface area contributed by atoms with E-state index < -0.39 is 5.91 Å². The molecule has 0 spiro atoms. The van der Waals surface area contributed by atoms with Gasteiger partial charge in [-0.25, -0.2) is 9.97 Å². The Labute approximate surface area is 182 Å². The summed E-state index contributed by atoms with van der Waals surface area (Å²) in [6.45, 7) is 1.63. The van der Waals surface area contributed by atoms with Crippen molar-refractivity contribution in [3.63, 3.8) is 0 Å². The average Bonchev–Trinajstić information content (AvgIpc) is 2.97. The first-order valence-electron chi connectivity index (χ1n) is 9.35. The normalized spacial score (nSPS) is 15.5. The number of nitrogens with two attached hydrogens (primary N) is 1. The molecule has 0 radical (unpaired) electrons. The average molecular weight is 440 g/mol. The zero-order chi connectivity index (χ0) is 22.0. The monoisotopic (exact) mass is 440 g/mol. The molecular weight excluding hydrogens is 420 g/mol. The highest BCUT2D eigenvalue weighted by Crippen LogP contribution is 2.45. The van der Waals surface area contributed by atoms with Gasteiger partial charge in [-0.15, -0.1) is 11.8 Å². The van der Waals surface area contributed by atoms with Crippen molar-refractivity contribution in [2.45, 2.75) is 12.2 Å². The minimum atomic E-state index is -0.578. The number of hydrogen-bond acceptors (Lipinski definition) is 8. The summed E-state index contributed by atoms with van der Waals surface area (Å²) in [5.74, 6) is 1.31. The molecule has 2 amide bonds. The van der Waals surface area contributed by atoms with Crippen LogP contribution in [0.2, 0.25) is 0 Å². The largest absolute Gasteiger partial charge is 0.493 e. The molecule has 160 valence electrons. The van der Waals surface area contributed by atoms with Gasteiger partial charge in [-0.3, -0.25) is 9.59 Å². The molecule has 3 aromatic rings. The number of fused-ring (bicyclic) bond motifs is 1. The van der Waals surface area contributed by atoms with E-state index in [9.17, 15) is 9.59 Å². The van der Waals surface area contributed by atoms with Crippen LogP contribution in [0.1, 0.15) is 22.1 Å². The number of carbonyl (C=O) groups is 2. The molecule has 0 aliphatic carbocycles. The lowest BCUT2D eigenvalue weighted by molar-refractivity contribution is -0.120. The van der Waals surface area contributed by atoms with Gasteiger partial charge in [0.25, 0.3) is 11.9 Å². The van der Waals surface area contributed by atoms with Gasteiger partial charge in [0.1, 0.15) is 5.82 Å². The third-order valence-corrected chi connectivity index (χ3v) is 5.88. The van der Waals surface area contributed by atoms with Crippen molar-refractivity contribution in [3.05, 3.63) is 53.5 Å². The Morgan fingerprint density at radius 3 is 2.81 bits per heavy atom. The van der Waals surface area contributed by atoms with E-state index in [0.29, 0.717) is 23.3 Å². The Kier molecular flexibility index (Phi) is 5.76. The SMILES string of the molecule is COc1cc(C2SCC(=O)Nc3c2c(C)nn3-c2ncccn2)ccc1OCC(N)=O. The number of nitrogens with one attached hydrogen (secondary N) is 1. The fourth-order valence-electron chi connectivity index (χ4n) is 3.31. The number of aromatic nitrogens is 4. The number of benzene rings is 1. The van der Waals surface area contributed by atoms with Gasteiger partial charge in [0, 0.05) is 18.0 Å². The molecule has 0 saturated heterocycles. The smallest absolute Gasteiger partial charge is 0.255 e. The Morgan fingerprint density at radius 1 is 1.32 bits per heavy atom. The first-order chi connectivity index (χ1) is 15.0. The van der Waals surface area contributed by atoms with Crippen LogP contribution in [0, 0.1) is 6.92 Å². The molecule has 11 heteroatoms. The van der Waals surface area contributed by atoms with Gasteiger partial charge < -0.3 is 20.5 Å². The summed E-state index contributed by atoms with van der Waals surface area (Å²) in [6, 6.07) is 7.12. The zero-order valence-electron chi connectivity index (χ0n) is 16.9. The molecule has 1 aliphatic rings. The molecule has 0 fully saturated rings. The number of amides is 2. The number of aryl methyl sites for hydroxylation is 1. The molecule has 2 aromatic heterocycles. The van der Waals surface area contributed by atoms with Crippen molar-refractivity contribution >= 4 is 29.4 Å². The molecule has 3 heterocycles. The van der Waals surface area contributed by atoms with Crippen molar-refractivity contribution in [1.29, 1.82) is 0 Å². The minimum absolute atomic E-state index is 0.140. The summed E-state index contributed by atoms with van der Waals surface area (Å²) >= 11 is 1.48. The number of nitrogens with zero attached hydrogens (tertiary/aromatic N) is 4. The third-order valence-electron chi connectivity index (χ3n) is 4.61. The van der Waals surface area contributed by atoms with E-state index in [1.54, 1.807) is 29.2 Å². The minimum Gasteiger partial charge on any atom is -0.493 e. The van der Waals surface area contributed by atoms with Crippen LogP contribution in [0.25, 0.3) is 5.95 Å². The second-order valence-electron chi connectivity index (χ2n) is 6.71. The highest BCUT2D eigenvalue weighted by atomic mass is 32.2. The van der Waals surface area contributed by atoms with Crippen molar-refractivity contribution in [1.82, 2.24) is 19.7 Å². The van der Waals surface area contributed by atoms with E-state index in [0.717, 1.165) is 16.8 Å². The molecule has 10 nitrogen and oxygen atoms in total. The van der Waals surface area contributed by atoms with E-state index >= 15 is 0 Å². The lowest BCUT2D eigenvalue weighted by Crippen LogP contribution is -2.20. The van der Waals surface area contributed by atoms with Crippen molar-refractivity contribution in [2.24, 2.45) is 5.73 Å². The fraction of sp³-hybridized carbons (Fsp3) is 0.250. The third kappa shape index (κ3) is 4.17. The van der Waals surface area contributed by atoms with Gasteiger partial charge in [0.15, 0.2) is 18.1 Å². The number of rotatable bonds is 6. The first-order valence-corrected chi connectivity index (χ1v) is 10.4. The highest BCUT2D eigenvalue weighted by molar-refractivity contribution is 8.00. The van der Waals surface area contributed by atoms with Gasteiger partial charge in [-0.1, -0.05) is 6.07 Å². The topological polar surface area (TPSA) is 134 Å². The standard InChI is InChI=1S/C20H20N6O4S/c1-11-17-18(12-4-5-13(14(8-12)29-2)30-9-15(21)27)31-10-16(28)24-19(17)26(25-11)20-22-6-3-7-23-20/h3-8,18H,9-10H2,1-2H3,(H2,21,27)(H,24,28). The van der Waals surface area contributed by atoms with E-state index in [4.69, 9.17) is 15.2 Å². The Hall–Kier alpha value is -3.60. The molecule has 1 aromatic carbocycles. The maximum atomic E-state index is 12.4. The van der Waals surface area contributed by atoms with Crippen molar-refractivity contribution in [2.75, 3.05) is 24.8 Å². The number of ether oxygens (including phenoxy) is 2. The summed E-state index contributed by atoms with van der Waals surface area (Å²) < 4.78 is 12.4. The van der Waals surface area contributed by atoms with E-state index in [2.05, 4.69) is 20.4 Å². The summed E-state index contributed by atoms with van der Waals surface area (Å²) in [4.78, 5) is 32.0. The second kappa shape index (κ2) is 8.64. The van der Waals surface area contributed by atoms with Gasteiger partial charge >= 0.3 is 0 Å². The Bertz CT molecular complexity index is 1130. The number of hydrogen-bond donors (Lipinski definition) is 2. The van der Waals surface area contributed by atoms with Crippen LogP contribution in [0.4, 0.5) is 5.82 Å². The van der Waals surface area contributed by atoms with Gasteiger partial charge in [-0.2, -0.15) is 9.78 Å². The van der Waals surface area contributed by atoms with Crippen molar-refractivity contribution < 1.29 is 19.1 Å². The van der Waals surface area contributed by atoms with Gasteiger partial charge in [0.05, 0.1) is 23.8 Å². The summed E-state index contributed by atoms with van der Waals surface area (Å²) in [5, 5.41) is 7.31. The molecule has 1 atom stereocenters. The van der Waals surface area contributed by atoms with Crippen LogP contribution in [0.5, 0.6) is 11.5 Å². The summed E-state index contributed by atoms with van der Waals surface area (Å²) in [7, 11) is 1.52. The summed E-state index contributed by atoms with van der Waals surface area (Å²) in [6.07, 6.45) is 3.23. The van der Waals surface area contributed by atoms with E-state index in [-0.39, 0.29) is 23.5 Å². The second-order valence-corrected chi connectivity index (χ2v) is 7.81. The number of anilines is 1. The van der Waals surface area contributed by atoms with Crippen molar-refractivity contribution in [3.8, 4) is 17.4 Å². The maximum Gasteiger partial charge on any atom is 0.255 e. The lowest BCUT2D eigenvalue weighted by atomic mass is 10.0. The Morgan fingerprint density at radius 2 is 2.10 bits per heavy atom. The zero-order valence-corrected chi connectivity index (χ0v) is 17.7. The predicted molar refractivity (Wildman–Crippen MR) is 115 cm³/mol. The highest BCUT2D eigenvalue weighted by Gasteiger charge is 2.31. The lowest BCUT2D eigenvalue weighted by Gasteiger charge is -2.18. The molecule has 0 bridgehead atoms. The molecular formula is C20H20N6O4S. The number of methoxy groups -OCH3 is 1. The fourth-order valence-corrected chi connectivity index (χ4v) is 4.49. The van der Waals surface area contributed by atoms with E-state index in [1.807, 2.05) is 19.1 Å². The van der Waals surface area contributed by atoms with Crippen LogP contribution >= 0.6 is 11.8 Å². The maximum absolute atomic E-state index is 12.4. The van der Waals surface area contributed by atoms with Crippen LogP contribution in [-0.2, 0) is 9.59 Å². The molecule has 3 N–H and O–H groups in total. The molecule has 1 unspecified atom stereocenters. The number of thioether (sulfide) groups is 1. The van der Waals surface area contributed by atoms with Crippen LogP contribution in [-0.4, -0.2) is 51.0 Å². The first kappa shape index (κ1) is 20.7. The Balaban J connectivity index is 1.78. The van der Waals surface area contributed by atoms with Crippen LogP contribution in [0.3, 0.4) is 0 Å². The predicted octanol–water partition coefficient (Wildman–Crippen LogP) is 1.62. The quantitative estimate of drug-likeness (QED) is 0.590. The molecule has 31 heavy (non-hydrogen) atoms. The molecule has 0 saturated carbocycles. The van der Waals surface area contributed by atoms with Crippen LogP contribution < -0.4 is 20.5 Å². The summed E-state index contributed by atoms with van der Waals surface area (Å²) in [5.41, 5.74) is 7.66. The molecule has 1 aliphatic heterocycles. The molecule has 4 rings (SSSR count). The van der Waals surface area contributed by atoms with Crippen LogP contribution in [0.15, 0.2) is 36.7 Å². The number of carbonyl (C=O) groups excluding carboxylic acids is 2.